The van der Waals surface area contributed by atoms with Gasteiger partial charge in [0, 0.05) is 17.8 Å². The molecule has 5 heteroatoms. The quantitative estimate of drug-likeness (QED) is 0.384. The number of imidazole rings is 1. The minimum Gasteiger partial charge on any atom is -0.458 e. The van der Waals surface area contributed by atoms with Crippen LogP contribution in [0.2, 0.25) is 0 Å². The van der Waals surface area contributed by atoms with Crippen LogP contribution in [0, 0.1) is 13.8 Å². The average molecular weight is 423 g/mol. The summed E-state index contributed by atoms with van der Waals surface area (Å²) in [7, 11) is 0. The molecule has 32 heavy (non-hydrogen) atoms. The highest BCUT2D eigenvalue weighted by molar-refractivity contribution is 5.89. The van der Waals surface area contributed by atoms with E-state index in [1.54, 1.807) is 0 Å². The number of nitrogens with one attached hydrogen (secondary N) is 1. The maximum Gasteiger partial charge on any atom is 0.178 e. The van der Waals surface area contributed by atoms with E-state index >= 15 is 0 Å². The van der Waals surface area contributed by atoms with E-state index in [0.717, 1.165) is 71.1 Å². The Labute approximate surface area is 187 Å². The number of piperidine rings is 1. The summed E-state index contributed by atoms with van der Waals surface area (Å²) >= 11 is 0. The summed E-state index contributed by atoms with van der Waals surface area (Å²) in [6.45, 7) is 6.10. The highest BCUT2D eigenvalue weighted by Gasteiger charge is 2.25. The van der Waals surface area contributed by atoms with E-state index in [4.69, 9.17) is 14.4 Å². The Balaban J connectivity index is 1.51. The SMILES string of the molecule is Cc1cc(-c2nc3cc(-c4ccc5ccccc5c4)cnc3n2C2CCNCC2)oc1C. The minimum atomic E-state index is 0.362. The lowest BCUT2D eigenvalue weighted by atomic mass is 10.0. The second kappa shape index (κ2) is 7.61. The van der Waals surface area contributed by atoms with Gasteiger partial charge in [-0.2, -0.15) is 0 Å². The number of hydrogen-bond acceptors (Lipinski definition) is 4. The second-order valence-corrected chi connectivity index (χ2v) is 8.77. The summed E-state index contributed by atoms with van der Waals surface area (Å²) in [6.07, 6.45) is 4.10. The fraction of sp³-hybridized carbons (Fsp3) is 0.259. The van der Waals surface area contributed by atoms with Gasteiger partial charge in [-0.1, -0.05) is 36.4 Å². The molecule has 1 aliphatic heterocycles. The third-order valence-corrected chi connectivity index (χ3v) is 6.67. The van der Waals surface area contributed by atoms with Crippen LogP contribution in [0.15, 0.2) is 65.2 Å². The lowest BCUT2D eigenvalue weighted by molar-refractivity contribution is 0.373. The Kier molecular flexibility index (Phi) is 4.58. The van der Waals surface area contributed by atoms with Crippen molar-refractivity contribution in [3.63, 3.8) is 0 Å². The third kappa shape index (κ3) is 3.21. The second-order valence-electron chi connectivity index (χ2n) is 8.77. The molecule has 1 aliphatic rings. The van der Waals surface area contributed by atoms with Crippen molar-refractivity contribution in [2.24, 2.45) is 0 Å². The topological polar surface area (TPSA) is 55.9 Å². The molecule has 0 radical (unpaired) electrons. The highest BCUT2D eigenvalue weighted by Crippen LogP contribution is 2.34. The standard InChI is InChI=1S/C27H26N4O/c1-17-13-25(32-18(17)2)27-30-24-15-22(21-8-7-19-5-3-4-6-20(19)14-21)16-29-26(24)31(27)23-9-11-28-12-10-23/h3-8,13-16,23,28H,9-12H2,1-2H3. The van der Waals surface area contributed by atoms with Crippen LogP contribution in [-0.4, -0.2) is 27.6 Å². The predicted octanol–water partition coefficient (Wildman–Crippen LogP) is 6.05. The molecule has 4 heterocycles. The first-order valence-electron chi connectivity index (χ1n) is 11.3. The molecular weight excluding hydrogens is 396 g/mol. The molecule has 2 aromatic carbocycles. The van der Waals surface area contributed by atoms with Crippen molar-refractivity contribution in [2.45, 2.75) is 32.7 Å². The van der Waals surface area contributed by atoms with Crippen LogP contribution in [0.3, 0.4) is 0 Å². The van der Waals surface area contributed by atoms with Gasteiger partial charge in [-0.3, -0.25) is 0 Å². The van der Waals surface area contributed by atoms with Crippen LogP contribution in [-0.2, 0) is 0 Å². The first-order valence-corrected chi connectivity index (χ1v) is 11.3. The van der Waals surface area contributed by atoms with E-state index in [2.05, 4.69) is 71.4 Å². The average Bonchev–Trinajstić information content (AvgIpc) is 3.38. The number of fused-ring (bicyclic) bond motifs is 2. The molecule has 5 nitrogen and oxygen atoms in total. The first-order chi connectivity index (χ1) is 15.7. The van der Waals surface area contributed by atoms with Crippen LogP contribution in [0.5, 0.6) is 0 Å². The summed E-state index contributed by atoms with van der Waals surface area (Å²) in [4.78, 5) is 9.97. The zero-order chi connectivity index (χ0) is 21.7. The number of aromatic nitrogens is 3. The van der Waals surface area contributed by atoms with Gasteiger partial charge in [0.05, 0.1) is 0 Å². The third-order valence-electron chi connectivity index (χ3n) is 6.67. The molecule has 0 unspecified atom stereocenters. The molecule has 0 bridgehead atoms. The van der Waals surface area contributed by atoms with Crippen molar-refractivity contribution in [3.05, 3.63) is 72.1 Å². The number of aryl methyl sites for hydroxylation is 2. The Bertz CT molecular complexity index is 1420. The Morgan fingerprint density at radius 3 is 2.53 bits per heavy atom. The van der Waals surface area contributed by atoms with Crippen LogP contribution < -0.4 is 5.32 Å². The summed E-state index contributed by atoms with van der Waals surface area (Å²) in [6, 6.07) is 19.6. The van der Waals surface area contributed by atoms with Gasteiger partial charge in [0.2, 0.25) is 0 Å². The van der Waals surface area contributed by atoms with E-state index < -0.39 is 0 Å². The Morgan fingerprint density at radius 1 is 0.938 bits per heavy atom. The van der Waals surface area contributed by atoms with Gasteiger partial charge in [0.1, 0.15) is 11.3 Å². The minimum absolute atomic E-state index is 0.362. The molecule has 1 N–H and O–H groups in total. The molecule has 0 amide bonds. The maximum atomic E-state index is 6.10. The number of rotatable bonds is 3. The van der Waals surface area contributed by atoms with Crippen LogP contribution in [0.4, 0.5) is 0 Å². The van der Waals surface area contributed by atoms with Crippen LogP contribution in [0.1, 0.15) is 30.2 Å². The zero-order valence-corrected chi connectivity index (χ0v) is 18.4. The summed E-state index contributed by atoms with van der Waals surface area (Å²) in [5.74, 6) is 2.64. The van der Waals surface area contributed by atoms with Crippen LogP contribution in [0.25, 0.3) is 44.6 Å². The molecule has 1 saturated heterocycles. The fourth-order valence-electron chi connectivity index (χ4n) is 4.78. The fourth-order valence-corrected chi connectivity index (χ4v) is 4.78. The highest BCUT2D eigenvalue weighted by atomic mass is 16.3. The lowest BCUT2D eigenvalue weighted by Gasteiger charge is -2.25. The predicted molar refractivity (Wildman–Crippen MR) is 129 cm³/mol. The summed E-state index contributed by atoms with van der Waals surface area (Å²) < 4.78 is 8.40. The van der Waals surface area contributed by atoms with Crippen molar-refractivity contribution in [3.8, 4) is 22.7 Å². The molecule has 0 atom stereocenters. The van der Waals surface area contributed by atoms with Crippen molar-refractivity contribution >= 4 is 21.9 Å². The monoisotopic (exact) mass is 422 g/mol. The Hall–Kier alpha value is -3.44. The largest absolute Gasteiger partial charge is 0.458 e. The number of nitrogens with zero attached hydrogens (tertiary/aromatic N) is 3. The van der Waals surface area contributed by atoms with Crippen molar-refractivity contribution in [2.75, 3.05) is 13.1 Å². The molecule has 0 aliphatic carbocycles. The molecule has 5 aromatic rings. The van der Waals surface area contributed by atoms with Gasteiger partial charge in [-0.05, 0) is 79.9 Å². The van der Waals surface area contributed by atoms with Crippen molar-refractivity contribution in [1.82, 2.24) is 19.9 Å². The summed E-state index contributed by atoms with van der Waals surface area (Å²) in [5, 5.41) is 5.94. The van der Waals surface area contributed by atoms with Gasteiger partial charge in [0.15, 0.2) is 17.2 Å². The maximum absolute atomic E-state index is 6.10. The zero-order valence-electron chi connectivity index (χ0n) is 18.4. The van der Waals surface area contributed by atoms with Gasteiger partial charge in [0.25, 0.3) is 0 Å². The number of benzene rings is 2. The Morgan fingerprint density at radius 2 is 1.75 bits per heavy atom. The smallest absolute Gasteiger partial charge is 0.178 e. The van der Waals surface area contributed by atoms with Gasteiger partial charge >= 0.3 is 0 Å². The van der Waals surface area contributed by atoms with Gasteiger partial charge < -0.3 is 14.3 Å². The molecule has 6 rings (SSSR count). The number of furan rings is 1. The molecule has 0 saturated carbocycles. The van der Waals surface area contributed by atoms with E-state index in [1.807, 2.05) is 13.1 Å². The first kappa shape index (κ1) is 19.3. The molecule has 160 valence electrons. The molecule has 1 fully saturated rings. The van der Waals surface area contributed by atoms with Gasteiger partial charge in [-0.15, -0.1) is 0 Å². The molecule has 3 aromatic heterocycles. The molecular formula is C27H26N4O. The van der Waals surface area contributed by atoms with E-state index in [-0.39, 0.29) is 0 Å². The lowest BCUT2D eigenvalue weighted by Crippen LogP contribution is -2.29. The van der Waals surface area contributed by atoms with E-state index in [0.29, 0.717) is 6.04 Å². The van der Waals surface area contributed by atoms with Crippen molar-refractivity contribution in [1.29, 1.82) is 0 Å². The summed E-state index contributed by atoms with van der Waals surface area (Å²) in [5.41, 5.74) is 5.23. The van der Waals surface area contributed by atoms with Crippen molar-refractivity contribution < 1.29 is 4.42 Å². The normalized spacial score (nSPS) is 15.1. The van der Waals surface area contributed by atoms with E-state index in [1.165, 1.54) is 10.8 Å². The van der Waals surface area contributed by atoms with Gasteiger partial charge in [-0.25, -0.2) is 9.97 Å². The number of hydrogen-bond donors (Lipinski definition) is 1. The number of pyridine rings is 1. The molecule has 0 spiro atoms. The van der Waals surface area contributed by atoms with Crippen LogP contribution >= 0.6 is 0 Å². The van der Waals surface area contributed by atoms with E-state index in [9.17, 15) is 0 Å².